The molecule has 6 nitrogen and oxygen atoms in total. The molecule has 1 heterocycles. The van der Waals surface area contributed by atoms with Gasteiger partial charge in [0.05, 0.1) is 11.6 Å². The van der Waals surface area contributed by atoms with Crippen LogP contribution in [0.4, 0.5) is 4.39 Å². The second kappa shape index (κ2) is 10.9. The van der Waals surface area contributed by atoms with Crippen molar-refractivity contribution >= 4 is 17.4 Å². The molecule has 0 radical (unpaired) electrons. The molecule has 0 spiro atoms. The van der Waals surface area contributed by atoms with Gasteiger partial charge in [0.2, 0.25) is 0 Å². The van der Waals surface area contributed by atoms with E-state index < -0.39 is 23.5 Å². The number of nitrogens with zero attached hydrogens (tertiary/aromatic N) is 2. The second-order valence-corrected chi connectivity index (χ2v) is 7.66. The summed E-state index contributed by atoms with van der Waals surface area (Å²) in [6.07, 6.45) is 1.61. The van der Waals surface area contributed by atoms with Crippen molar-refractivity contribution in [1.82, 2.24) is 9.80 Å². The molecular formula is C26H29FN2O4. The zero-order valence-corrected chi connectivity index (χ0v) is 19.0. The van der Waals surface area contributed by atoms with Crippen molar-refractivity contribution in [3.05, 3.63) is 83.7 Å². The molecule has 1 saturated heterocycles. The third kappa shape index (κ3) is 5.14. The van der Waals surface area contributed by atoms with E-state index in [0.717, 1.165) is 13.1 Å². The van der Waals surface area contributed by atoms with Gasteiger partial charge in [-0.3, -0.25) is 9.59 Å². The minimum atomic E-state index is -1.02. The van der Waals surface area contributed by atoms with Crippen molar-refractivity contribution in [1.29, 1.82) is 0 Å². The Morgan fingerprint density at radius 3 is 2.42 bits per heavy atom. The van der Waals surface area contributed by atoms with Crippen LogP contribution in [0.15, 0.2) is 66.8 Å². The maximum absolute atomic E-state index is 14.8. The van der Waals surface area contributed by atoms with E-state index in [1.54, 1.807) is 42.5 Å². The van der Waals surface area contributed by atoms with Gasteiger partial charge in [0.25, 0.3) is 11.7 Å². The number of aliphatic hydroxyl groups is 1. The highest BCUT2D eigenvalue weighted by molar-refractivity contribution is 6.46. The largest absolute Gasteiger partial charge is 0.507 e. The molecule has 3 rings (SSSR count). The number of ether oxygens (including phenoxy) is 1. The zero-order valence-electron chi connectivity index (χ0n) is 19.0. The molecule has 0 aromatic heterocycles. The minimum Gasteiger partial charge on any atom is -0.507 e. The Morgan fingerprint density at radius 2 is 1.82 bits per heavy atom. The Morgan fingerprint density at radius 1 is 1.15 bits per heavy atom. The summed E-state index contributed by atoms with van der Waals surface area (Å²) in [4.78, 5) is 29.5. The first-order valence-electron chi connectivity index (χ1n) is 11.0. The van der Waals surface area contributed by atoms with Crippen LogP contribution < -0.4 is 4.74 Å². The number of aliphatic hydroxyl groups excluding tert-OH is 1. The molecule has 1 unspecified atom stereocenters. The summed E-state index contributed by atoms with van der Waals surface area (Å²) in [5.74, 6) is -1.90. The fraction of sp³-hybridized carbons (Fsp3) is 0.308. The molecule has 0 bridgehead atoms. The first-order valence-corrected chi connectivity index (χ1v) is 11.0. The van der Waals surface area contributed by atoms with Gasteiger partial charge in [-0.05, 0) is 43.4 Å². The number of likely N-dealkylation sites (N-methyl/N-ethyl adjacent to an activating group) is 1. The summed E-state index contributed by atoms with van der Waals surface area (Å²) in [6, 6.07) is 11.5. The van der Waals surface area contributed by atoms with E-state index in [1.165, 1.54) is 17.0 Å². The highest BCUT2D eigenvalue weighted by atomic mass is 19.1. The lowest BCUT2D eigenvalue weighted by Crippen LogP contribution is -2.38. The van der Waals surface area contributed by atoms with Crippen molar-refractivity contribution in [2.75, 3.05) is 32.8 Å². The first kappa shape index (κ1) is 24.2. The third-order valence-corrected chi connectivity index (χ3v) is 5.79. The molecule has 2 aromatic carbocycles. The number of carbonyl (C=O) groups is 2. The summed E-state index contributed by atoms with van der Waals surface area (Å²) in [5, 5.41) is 11.1. The molecule has 7 heteroatoms. The number of amides is 1. The molecule has 1 amide bonds. The summed E-state index contributed by atoms with van der Waals surface area (Å²) >= 11 is 0. The number of Topliss-reactive ketones (excluding diaryl/α,β-unsaturated/α-hetero) is 1. The predicted octanol–water partition coefficient (Wildman–Crippen LogP) is 4.15. The Bertz CT molecular complexity index is 1040. The lowest BCUT2D eigenvalue weighted by atomic mass is 9.95. The molecule has 2 aromatic rings. The summed E-state index contributed by atoms with van der Waals surface area (Å²) in [5.41, 5.74) is 0.386. The molecule has 0 aliphatic carbocycles. The predicted molar refractivity (Wildman–Crippen MR) is 125 cm³/mol. The molecule has 1 atom stereocenters. The third-order valence-electron chi connectivity index (χ3n) is 5.79. The van der Waals surface area contributed by atoms with E-state index in [-0.39, 0.29) is 23.4 Å². The normalized spacial score (nSPS) is 17.6. The van der Waals surface area contributed by atoms with Crippen LogP contribution in [0.5, 0.6) is 5.75 Å². The van der Waals surface area contributed by atoms with Gasteiger partial charge in [-0.1, -0.05) is 44.7 Å². The van der Waals surface area contributed by atoms with Crippen LogP contribution in [-0.4, -0.2) is 59.4 Å². The summed E-state index contributed by atoms with van der Waals surface area (Å²) < 4.78 is 20.3. The molecule has 174 valence electrons. The quantitative estimate of drug-likeness (QED) is 0.254. The van der Waals surface area contributed by atoms with Gasteiger partial charge in [-0.25, -0.2) is 4.39 Å². The van der Waals surface area contributed by atoms with Gasteiger partial charge in [0.1, 0.15) is 23.9 Å². The van der Waals surface area contributed by atoms with Gasteiger partial charge in [0.15, 0.2) is 0 Å². The fourth-order valence-electron chi connectivity index (χ4n) is 3.94. The lowest BCUT2D eigenvalue weighted by Gasteiger charge is -2.28. The van der Waals surface area contributed by atoms with E-state index in [9.17, 15) is 19.1 Å². The maximum atomic E-state index is 14.8. The monoisotopic (exact) mass is 452 g/mol. The molecule has 33 heavy (non-hydrogen) atoms. The fourth-order valence-corrected chi connectivity index (χ4v) is 3.94. The van der Waals surface area contributed by atoms with Crippen LogP contribution >= 0.6 is 0 Å². The Balaban J connectivity index is 2.05. The van der Waals surface area contributed by atoms with Crippen molar-refractivity contribution in [3.8, 4) is 5.75 Å². The van der Waals surface area contributed by atoms with Crippen molar-refractivity contribution in [2.45, 2.75) is 19.9 Å². The Labute approximate surface area is 193 Å². The molecular weight excluding hydrogens is 423 g/mol. The van der Waals surface area contributed by atoms with Crippen molar-refractivity contribution in [2.24, 2.45) is 0 Å². The van der Waals surface area contributed by atoms with Crippen molar-refractivity contribution in [3.63, 3.8) is 0 Å². The Kier molecular flexibility index (Phi) is 8.01. The van der Waals surface area contributed by atoms with Gasteiger partial charge >= 0.3 is 0 Å². The van der Waals surface area contributed by atoms with Crippen molar-refractivity contribution < 1.29 is 23.8 Å². The van der Waals surface area contributed by atoms with Crippen LogP contribution in [0, 0.1) is 5.82 Å². The van der Waals surface area contributed by atoms with Gasteiger partial charge in [-0.15, -0.1) is 0 Å². The van der Waals surface area contributed by atoms with Gasteiger partial charge < -0.3 is 19.6 Å². The van der Waals surface area contributed by atoms with E-state index in [0.29, 0.717) is 24.5 Å². The number of likely N-dealkylation sites (tertiary alicyclic amines) is 1. The number of hydrogen-bond acceptors (Lipinski definition) is 5. The number of benzene rings is 2. The van der Waals surface area contributed by atoms with Gasteiger partial charge in [0, 0.05) is 24.2 Å². The van der Waals surface area contributed by atoms with Crippen LogP contribution in [0.3, 0.4) is 0 Å². The van der Waals surface area contributed by atoms with E-state index in [1.807, 2.05) is 13.8 Å². The first-order chi connectivity index (χ1) is 15.9. The van der Waals surface area contributed by atoms with E-state index >= 15 is 0 Å². The number of rotatable bonds is 10. The molecule has 1 aliphatic heterocycles. The molecule has 0 saturated carbocycles. The van der Waals surface area contributed by atoms with E-state index in [2.05, 4.69) is 11.5 Å². The SMILES string of the molecule is C=CCOc1ccc(/C(O)=C2\C(=O)C(=O)N(CCN(CC)CC)C2c2ccccc2F)cc1. The lowest BCUT2D eigenvalue weighted by molar-refractivity contribution is -0.140. The number of carbonyl (C=O) groups excluding carboxylic acids is 2. The average Bonchev–Trinajstić information content (AvgIpc) is 3.08. The number of halogens is 1. The van der Waals surface area contributed by atoms with Crippen LogP contribution in [-0.2, 0) is 9.59 Å². The highest BCUT2D eigenvalue weighted by Crippen LogP contribution is 2.40. The zero-order chi connectivity index (χ0) is 24.0. The van der Waals surface area contributed by atoms with Gasteiger partial charge in [-0.2, -0.15) is 0 Å². The maximum Gasteiger partial charge on any atom is 0.295 e. The number of hydrogen-bond donors (Lipinski definition) is 1. The topological polar surface area (TPSA) is 70.1 Å². The summed E-state index contributed by atoms with van der Waals surface area (Å²) in [7, 11) is 0. The molecule has 1 aliphatic rings. The van der Waals surface area contributed by atoms with E-state index in [4.69, 9.17) is 4.74 Å². The second-order valence-electron chi connectivity index (χ2n) is 7.66. The summed E-state index contributed by atoms with van der Waals surface area (Å²) in [6.45, 7) is 10.3. The average molecular weight is 453 g/mol. The molecule has 1 N–H and O–H groups in total. The van der Waals surface area contributed by atoms with Crippen LogP contribution in [0.1, 0.15) is 31.0 Å². The standard InChI is InChI=1S/C26H29FN2O4/c1-4-17-33-19-13-11-18(12-14-19)24(30)22-23(20-9-7-8-10-21(20)27)29(26(32)25(22)31)16-15-28(5-2)6-3/h4,7-14,23,30H,1,5-6,15-17H2,2-3H3/b24-22+. The van der Waals surface area contributed by atoms with Crippen LogP contribution in [0.2, 0.25) is 0 Å². The highest BCUT2D eigenvalue weighted by Gasteiger charge is 2.46. The smallest absolute Gasteiger partial charge is 0.295 e. The van der Waals surface area contributed by atoms with Crippen LogP contribution in [0.25, 0.3) is 5.76 Å². The Hall–Kier alpha value is -3.45. The molecule has 1 fully saturated rings. The minimum absolute atomic E-state index is 0.121. The number of ketones is 1.